The number of amides is 1. The molecule has 1 atom stereocenters. The number of fused-ring (bicyclic) bond motifs is 1. The predicted octanol–water partition coefficient (Wildman–Crippen LogP) is 4.48. The van der Waals surface area contributed by atoms with Crippen LogP contribution in [0.4, 0.5) is 5.82 Å². The van der Waals surface area contributed by atoms with E-state index in [1.54, 1.807) is 13.2 Å². The molecule has 0 bridgehead atoms. The van der Waals surface area contributed by atoms with E-state index in [1.165, 1.54) is 6.33 Å². The predicted molar refractivity (Wildman–Crippen MR) is 162 cm³/mol. The fourth-order valence-corrected chi connectivity index (χ4v) is 5.45. The summed E-state index contributed by atoms with van der Waals surface area (Å²) in [7, 11) is 3.70. The summed E-state index contributed by atoms with van der Waals surface area (Å²) in [6.07, 6.45) is 5.96. The molecule has 9 nitrogen and oxygen atoms in total. The van der Waals surface area contributed by atoms with E-state index >= 15 is 0 Å². The van der Waals surface area contributed by atoms with Crippen LogP contribution in [0.15, 0.2) is 73.1 Å². The molecule has 0 spiro atoms. The van der Waals surface area contributed by atoms with E-state index in [-0.39, 0.29) is 11.9 Å². The molecule has 1 saturated heterocycles. The molecule has 214 valence electrons. The van der Waals surface area contributed by atoms with Crippen LogP contribution in [0.5, 0.6) is 5.75 Å². The summed E-state index contributed by atoms with van der Waals surface area (Å²) in [6.45, 7) is 6.08. The molecule has 1 aliphatic heterocycles. The first-order valence-electron chi connectivity index (χ1n) is 14.0. The molecular weight excluding hydrogens is 516 g/mol. The van der Waals surface area contributed by atoms with Crippen molar-refractivity contribution in [3.8, 4) is 16.9 Å². The van der Waals surface area contributed by atoms with Gasteiger partial charge in [0.15, 0.2) is 0 Å². The van der Waals surface area contributed by atoms with Gasteiger partial charge in [-0.2, -0.15) is 0 Å². The van der Waals surface area contributed by atoms with E-state index in [1.807, 2.05) is 48.4 Å². The number of likely N-dealkylation sites (N-methyl/N-ethyl adjacent to an activating group) is 1. The smallest absolute Gasteiger partial charge is 0.246 e. The zero-order valence-electron chi connectivity index (χ0n) is 24.0. The van der Waals surface area contributed by atoms with Gasteiger partial charge in [-0.05, 0) is 43.7 Å². The Bertz CT molecular complexity index is 1500. The Morgan fingerprint density at radius 2 is 1.93 bits per heavy atom. The van der Waals surface area contributed by atoms with Crippen LogP contribution in [0.25, 0.3) is 22.2 Å². The lowest BCUT2D eigenvalue weighted by Gasteiger charge is -2.18. The maximum absolute atomic E-state index is 13.0. The number of carbonyl (C=O) groups is 1. The zero-order valence-corrected chi connectivity index (χ0v) is 24.0. The second-order valence-corrected chi connectivity index (χ2v) is 10.5. The topological polar surface area (TPSA) is 98.7 Å². The van der Waals surface area contributed by atoms with Crippen molar-refractivity contribution in [2.75, 3.05) is 52.7 Å². The van der Waals surface area contributed by atoms with Gasteiger partial charge in [0.2, 0.25) is 5.91 Å². The first-order valence-corrected chi connectivity index (χ1v) is 14.0. The number of likely N-dealkylation sites (tertiary alicyclic amines) is 1. The van der Waals surface area contributed by atoms with Crippen molar-refractivity contribution < 1.29 is 14.3 Å². The number of aromatic nitrogens is 3. The maximum atomic E-state index is 13.0. The number of rotatable bonds is 11. The molecule has 1 fully saturated rings. The molecule has 1 aliphatic rings. The zero-order chi connectivity index (χ0) is 28.8. The summed E-state index contributed by atoms with van der Waals surface area (Å²) in [6, 6.07) is 18.3. The van der Waals surface area contributed by atoms with Gasteiger partial charge >= 0.3 is 0 Å². The normalized spacial score (nSPS) is 15.4. The molecule has 2 N–H and O–H groups in total. The number of nitrogens with two attached hydrogens (primary N) is 1. The van der Waals surface area contributed by atoms with Crippen molar-refractivity contribution in [3.05, 3.63) is 84.3 Å². The van der Waals surface area contributed by atoms with Crippen LogP contribution in [-0.2, 0) is 16.1 Å². The molecule has 4 aromatic rings. The van der Waals surface area contributed by atoms with E-state index in [0.717, 1.165) is 52.1 Å². The van der Waals surface area contributed by atoms with Gasteiger partial charge < -0.3 is 29.6 Å². The molecule has 0 aliphatic carbocycles. The number of ether oxygens (including phenoxy) is 2. The second kappa shape index (κ2) is 13.0. The Kier molecular flexibility index (Phi) is 8.96. The molecule has 0 unspecified atom stereocenters. The quantitative estimate of drug-likeness (QED) is 0.273. The fraction of sp³-hybridized carbons (Fsp3) is 0.344. The van der Waals surface area contributed by atoms with Crippen molar-refractivity contribution in [1.29, 1.82) is 0 Å². The molecule has 3 heterocycles. The summed E-state index contributed by atoms with van der Waals surface area (Å²) in [4.78, 5) is 25.9. The van der Waals surface area contributed by atoms with Crippen LogP contribution < -0.4 is 10.5 Å². The van der Waals surface area contributed by atoms with Gasteiger partial charge in [-0.3, -0.25) is 4.79 Å². The lowest BCUT2D eigenvalue weighted by molar-refractivity contribution is -0.125. The van der Waals surface area contributed by atoms with E-state index in [2.05, 4.69) is 50.6 Å². The highest BCUT2D eigenvalue weighted by Gasteiger charge is 2.31. The van der Waals surface area contributed by atoms with Gasteiger partial charge in [0.1, 0.15) is 30.1 Å². The average molecular weight is 555 g/mol. The van der Waals surface area contributed by atoms with E-state index in [4.69, 9.17) is 15.2 Å². The van der Waals surface area contributed by atoms with Crippen LogP contribution in [0.2, 0.25) is 0 Å². The molecule has 2 aromatic heterocycles. The van der Waals surface area contributed by atoms with Crippen LogP contribution >= 0.6 is 0 Å². The minimum absolute atomic E-state index is 0.0319. The number of nitrogen functional groups attached to an aromatic ring is 1. The van der Waals surface area contributed by atoms with E-state index in [9.17, 15) is 4.79 Å². The number of carbonyl (C=O) groups excluding carboxylic acids is 1. The molecular formula is C32H38N6O3. The minimum Gasteiger partial charge on any atom is -0.489 e. The monoisotopic (exact) mass is 554 g/mol. The highest BCUT2D eigenvalue weighted by molar-refractivity contribution is 6.02. The number of methoxy groups -OCH3 is 1. The molecule has 1 amide bonds. The van der Waals surface area contributed by atoms with Crippen LogP contribution in [0.3, 0.4) is 0 Å². The highest BCUT2D eigenvalue weighted by Crippen LogP contribution is 2.39. The van der Waals surface area contributed by atoms with Crippen LogP contribution in [0.1, 0.15) is 23.7 Å². The summed E-state index contributed by atoms with van der Waals surface area (Å²) < 4.78 is 13.3. The van der Waals surface area contributed by atoms with Crippen LogP contribution in [-0.4, -0.2) is 77.2 Å². The van der Waals surface area contributed by atoms with Crippen molar-refractivity contribution >= 4 is 22.8 Å². The number of hydrogen-bond acceptors (Lipinski definition) is 7. The lowest BCUT2D eigenvalue weighted by Crippen LogP contribution is -2.28. The first-order chi connectivity index (χ1) is 20.0. The highest BCUT2D eigenvalue weighted by atomic mass is 16.5. The van der Waals surface area contributed by atoms with Crippen molar-refractivity contribution in [2.24, 2.45) is 0 Å². The summed E-state index contributed by atoms with van der Waals surface area (Å²) >= 11 is 0. The number of anilines is 1. The SMILES string of the molecule is COCCN(C)C/C=C/C(=O)N1CC[C@@H](n2c(C)c(-c3ccc(COc4ccccc4)cc3)c3c(N)ncnc32)C1. The van der Waals surface area contributed by atoms with Gasteiger partial charge in [0.05, 0.1) is 18.0 Å². The number of hydrogen-bond donors (Lipinski definition) is 1. The first kappa shape index (κ1) is 28.3. The Morgan fingerprint density at radius 1 is 1.15 bits per heavy atom. The van der Waals surface area contributed by atoms with Crippen molar-refractivity contribution in [1.82, 2.24) is 24.3 Å². The van der Waals surface area contributed by atoms with E-state index in [0.29, 0.717) is 38.7 Å². The minimum atomic E-state index is 0.0319. The maximum Gasteiger partial charge on any atom is 0.246 e. The Hall–Kier alpha value is -4.21. The third-order valence-electron chi connectivity index (χ3n) is 7.64. The Morgan fingerprint density at radius 3 is 2.68 bits per heavy atom. The third kappa shape index (κ3) is 6.42. The average Bonchev–Trinajstić information content (AvgIpc) is 3.58. The summed E-state index contributed by atoms with van der Waals surface area (Å²) in [5, 5.41) is 0.849. The van der Waals surface area contributed by atoms with Gasteiger partial charge in [-0.25, -0.2) is 9.97 Å². The van der Waals surface area contributed by atoms with Crippen molar-refractivity contribution in [2.45, 2.75) is 26.0 Å². The standard InChI is InChI=1S/C32H38N6O3/c1-23-29(25-13-11-24(12-14-25)21-41-27-8-5-4-6-9-27)30-31(33)34-22-35-32(30)38(23)26-15-17-37(20-26)28(39)10-7-16-36(2)18-19-40-3/h4-14,22,26H,15-21H2,1-3H3,(H2,33,34,35)/b10-7+/t26-/m1/s1. The molecule has 5 rings (SSSR count). The van der Waals surface area contributed by atoms with Gasteiger partial charge in [-0.15, -0.1) is 0 Å². The molecule has 9 heteroatoms. The van der Waals surface area contributed by atoms with Gasteiger partial charge in [0.25, 0.3) is 0 Å². The second-order valence-electron chi connectivity index (χ2n) is 10.5. The van der Waals surface area contributed by atoms with Gasteiger partial charge in [-0.1, -0.05) is 48.5 Å². The van der Waals surface area contributed by atoms with E-state index < -0.39 is 0 Å². The largest absolute Gasteiger partial charge is 0.489 e. The summed E-state index contributed by atoms with van der Waals surface area (Å²) in [5.74, 6) is 1.33. The Labute approximate surface area is 241 Å². The summed E-state index contributed by atoms with van der Waals surface area (Å²) in [5.41, 5.74) is 11.4. The van der Waals surface area contributed by atoms with Gasteiger partial charge in [0, 0.05) is 50.6 Å². The molecule has 0 saturated carbocycles. The molecule has 41 heavy (non-hydrogen) atoms. The third-order valence-corrected chi connectivity index (χ3v) is 7.64. The Balaban J connectivity index is 1.34. The van der Waals surface area contributed by atoms with Crippen molar-refractivity contribution in [3.63, 3.8) is 0 Å². The molecule has 2 aromatic carbocycles. The lowest BCUT2D eigenvalue weighted by atomic mass is 10.0. The number of para-hydroxylation sites is 1. The molecule has 0 radical (unpaired) electrons. The fourth-order valence-electron chi connectivity index (χ4n) is 5.45. The van der Waals surface area contributed by atoms with Crippen LogP contribution in [0, 0.1) is 6.92 Å². The number of nitrogens with zero attached hydrogens (tertiary/aromatic N) is 5. The number of benzene rings is 2.